The van der Waals surface area contributed by atoms with E-state index in [0.29, 0.717) is 35.4 Å². The molecule has 3 aromatic rings. The van der Waals surface area contributed by atoms with E-state index >= 15 is 0 Å². The van der Waals surface area contributed by atoms with Gasteiger partial charge in [-0.15, -0.1) is 0 Å². The Balaban J connectivity index is 1.48. The van der Waals surface area contributed by atoms with E-state index < -0.39 is 11.8 Å². The molecular weight excluding hydrogens is 402 g/mol. The van der Waals surface area contributed by atoms with Gasteiger partial charge in [0, 0.05) is 36.4 Å². The van der Waals surface area contributed by atoms with E-state index in [2.05, 4.69) is 26.0 Å². The molecule has 31 heavy (non-hydrogen) atoms. The minimum atomic E-state index is -0.480. The second-order valence-corrected chi connectivity index (χ2v) is 6.46. The molecule has 0 radical (unpaired) electrons. The average molecular weight is 425 g/mol. The highest BCUT2D eigenvalue weighted by atomic mass is 16.5. The molecule has 0 saturated carbocycles. The van der Waals surface area contributed by atoms with Gasteiger partial charge in [0.2, 0.25) is 17.6 Å². The number of nitrogens with zero attached hydrogens (tertiary/aromatic N) is 3. The van der Waals surface area contributed by atoms with E-state index in [1.54, 1.807) is 42.7 Å². The fraction of sp³-hybridized carbons (Fsp3) is 0.286. The maximum Gasteiger partial charge on any atom is 0.269 e. The molecule has 0 aliphatic heterocycles. The number of pyridine rings is 1. The van der Waals surface area contributed by atoms with Crippen LogP contribution in [0.4, 0.5) is 0 Å². The van der Waals surface area contributed by atoms with Crippen molar-refractivity contribution < 1.29 is 23.6 Å². The molecule has 1 aromatic carbocycles. The number of ether oxygens (including phenoxy) is 2. The van der Waals surface area contributed by atoms with E-state index in [0.717, 1.165) is 12.0 Å². The first-order valence-corrected chi connectivity index (χ1v) is 9.73. The van der Waals surface area contributed by atoms with Crippen molar-refractivity contribution in [3.8, 4) is 22.9 Å². The van der Waals surface area contributed by atoms with E-state index in [-0.39, 0.29) is 12.8 Å². The molecule has 10 nitrogen and oxygen atoms in total. The Labute approximate surface area is 178 Å². The molecule has 0 unspecified atom stereocenters. The summed E-state index contributed by atoms with van der Waals surface area (Å²) in [6.07, 6.45) is 4.40. The van der Waals surface area contributed by atoms with Gasteiger partial charge in [-0.25, -0.2) is 0 Å². The molecule has 0 aliphatic carbocycles. The predicted molar refractivity (Wildman–Crippen MR) is 110 cm³/mol. The Hall–Kier alpha value is -3.95. The van der Waals surface area contributed by atoms with Gasteiger partial charge in [0.15, 0.2) is 11.5 Å². The number of aromatic nitrogens is 3. The molecule has 3 rings (SSSR count). The molecule has 0 fully saturated rings. The van der Waals surface area contributed by atoms with Crippen molar-refractivity contribution in [2.45, 2.75) is 26.2 Å². The first kappa shape index (κ1) is 21.8. The molecule has 10 heteroatoms. The molecule has 2 N–H and O–H groups in total. The van der Waals surface area contributed by atoms with Gasteiger partial charge >= 0.3 is 0 Å². The van der Waals surface area contributed by atoms with Crippen molar-refractivity contribution >= 4 is 11.8 Å². The lowest BCUT2D eigenvalue weighted by molar-refractivity contribution is -0.121. The third-order valence-electron chi connectivity index (χ3n) is 4.18. The summed E-state index contributed by atoms with van der Waals surface area (Å²) < 4.78 is 16.0. The summed E-state index contributed by atoms with van der Waals surface area (Å²) in [6.45, 7) is 2.54. The molecule has 0 bridgehead atoms. The van der Waals surface area contributed by atoms with Crippen molar-refractivity contribution in [1.82, 2.24) is 26.0 Å². The molecule has 2 heterocycles. The van der Waals surface area contributed by atoms with Crippen LogP contribution in [0.2, 0.25) is 0 Å². The lowest BCUT2D eigenvalue weighted by Crippen LogP contribution is -2.41. The molecule has 0 atom stereocenters. The van der Waals surface area contributed by atoms with Gasteiger partial charge in [-0.2, -0.15) is 4.98 Å². The van der Waals surface area contributed by atoms with Crippen LogP contribution in [0.1, 0.15) is 36.0 Å². The number of aryl methyl sites for hydroxylation is 1. The van der Waals surface area contributed by atoms with Gasteiger partial charge in [-0.1, -0.05) is 12.1 Å². The highest BCUT2D eigenvalue weighted by molar-refractivity contribution is 5.96. The van der Waals surface area contributed by atoms with Gasteiger partial charge in [-0.05, 0) is 36.8 Å². The van der Waals surface area contributed by atoms with Crippen LogP contribution < -0.4 is 20.3 Å². The number of amides is 2. The predicted octanol–water partition coefficient (Wildman–Crippen LogP) is 2.32. The van der Waals surface area contributed by atoms with Gasteiger partial charge < -0.3 is 14.0 Å². The van der Waals surface area contributed by atoms with Crippen LogP contribution in [0, 0.1) is 0 Å². The number of hydrogen-bond acceptors (Lipinski definition) is 8. The van der Waals surface area contributed by atoms with Crippen LogP contribution in [0.5, 0.6) is 11.5 Å². The smallest absolute Gasteiger partial charge is 0.269 e. The van der Waals surface area contributed by atoms with Crippen molar-refractivity contribution in [3.05, 3.63) is 54.2 Å². The van der Waals surface area contributed by atoms with Gasteiger partial charge in [0.1, 0.15) is 0 Å². The number of hydrogen-bond donors (Lipinski definition) is 2. The number of hydrazine groups is 1. The zero-order chi connectivity index (χ0) is 22.1. The van der Waals surface area contributed by atoms with Crippen LogP contribution in [0.15, 0.2) is 47.2 Å². The van der Waals surface area contributed by atoms with Crippen LogP contribution in [-0.2, 0) is 11.2 Å². The number of rotatable bonds is 9. The minimum Gasteiger partial charge on any atom is -0.493 e. The van der Waals surface area contributed by atoms with E-state index in [1.807, 2.05) is 6.92 Å². The summed E-state index contributed by atoms with van der Waals surface area (Å²) in [4.78, 5) is 32.5. The number of methoxy groups -OCH3 is 1. The molecular formula is C21H23N5O5. The topological polar surface area (TPSA) is 128 Å². The Morgan fingerprint density at radius 1 is 1.10 bits per heavy atom. The highest BCUT2D eigenvalue weighted by Gasteiger charge is 2.14. The lowest BCUT2D eigenvalue weighted by Gasteiger charge is -2.12. The van der Waals surface area contributed by atoms with E-state index in [9.17, 15) is 9.59 Å². The van der Waals surface area contributed by atoms with Crippen LogP contribution in [0.3, 0.4) is 0 Å². The van der Waals surface area contributed by atoms with E-state index in [1.165, 1.54) is 7.11 Å². The zero-order valence-electron chi connectivity index (χ0n) is 17.3. The molecule has 0 saturated heterocycles. The highest BCUT2D eigenvalue weighted by Crippen LogP contribution is 2.28. The Morgan fingerprint density at radius 3 is 2.65 bits per heavy atom. The number of nitrogens with one attached hydrogen (secondary N) is 2. The molecule has 162 valence electrons. The minimum absolute atomic E-state index is 0.0609. The third kappa shape index (κ3) is 6.01. The van der Waals surface area contributed by atoms with Crippen molar-refractivity contribution in [2.24, 2.45) is 0 Å². The number of carbonyl (C=O) groups excluding carboxylic acids is 2. The first-order valence-electron chi connectivity index (χ1n) is 9.73. The third-order valence-corrected chi connectivity index (χ3v) is 4.18. The van der Waals surface area contributed by atoms with E-state index in [4.69, 9.17) is 14.0 Å². The van der Waals surface area contributed by atoms with Crippen LogP contribution in [0.25, 0.3) is 11.4 Å². The largest absolute Gasteiger partial charge is 0.493 e. The van der Waals surface area contributed by atoms with Gasteiger partial charge in [0.25, 0.3) is 5.91 Å². The van der Waals surface area contributed by atoms with Crippen molar-refractivity contribution in [3.63, 3.8) is 0 Å². The van der Waals surface area contributed by atoms with Crippen molar-refractivity contribution in [2.75, 3.05) is 13.7 Å². The summed E-state index contributed by atoms with van der Waals surface area (Å²) in [6, 6.07) is 8.31. The van der Waals surface area contributed by atoms with Crippen LogP contribution in [-0.4, -0.2) is 40.7 Å². The Bertz CT molecular complexity index is 1020. The maximum atomic E-state index is 12.3. The summed E-state index contributed by atoms with van der Waals surface area (Å²) in [5.41, 5.74) is 5.83. The summed E-state index contributed by atoms with van der Waals surface area (Å²) in [7, 11) is 1.50. The summed E-state index contributed by atoms with van der Waals surface area (Å²) in [5, 5.41) is 3.88. The summed E-state index contributed by atoms with van der Waals surface area (Å²) >= 11 is 0. The molecule has 0 spiro atoms. The second-order valence-electron chi connectivity index (χ2n) is 6.46. The Kier molecular flexibility index (Phi) is 7.52. The lowest BCUT2D eigenvalue weighted by atomic mass is 10.2. The van der Waals surface area contributed by atoms with Gasteiger partial charge in [-0.3, -0.25) is 25.4 Å². The zero-order valence-corrected chi connectivity index (χ0v) is 17.3. The fourth-order valence-electron chi connectivity index (χ4n) is 2.60. The number of benzene rings is 1. The molecule has 2 amide bonds. The standard InChI is InChI=1S/C21H23N5O5/c1-3-12-30-16-5-4-15(13-17(16)29-2)21(28)25-24-18(27)6-7-19-23-20(26-31-19)14-8-10-22-11-9-14/h4-5,8-11,13H,3,6-7,12H2,1-2H3,(H,24,27)(H,25,28). The second kappa shape index (κ2) is 10.7. The maximum absolute atomic E-state index is 12.3. The quantitative estimate of drug-likeness (QED) is 0.500. The fourth-order valence-corrected chi connectivity index (χ4v) is 2.60. The van der Waals surface area contributed by atoms with Gasteiger partial charge in [0.05, 0.1) is 13.7 Å². The SMILES string of the molecule is CCCOc1ccc(C(=O)NNC(=O)CCc2nc(-c3ccncc3)no2)cc1OC. The normalized spacial score (nSPS) is 10.4. The van der Waals surface area contributed by atoms with Crippen molar-refractivity contribution in [1.29, 1.82) is 0 Å². The molecule has 2 aromatic heterocycles. The molecule has 0 aliphatic rings. The first-order chi connectivity index (χ1) is 15.1. The Morgan fingerprint density at radius 2 is 1.90 bits per heavy atom. The number of carbonyl (C=O) groups is 2. The van der Waals surface area contributed by atoms with Crippen LogP contribution >= 0.6 is 0 Å². The monoisotopic (exact) mass is 425 g/mol. The average Bonchev–Trinajstić information content (AvgIpc) is 3.29. The summed E-state index contributed by atoms with van der Waals surface area (Å²) in [5.74, 6) is 0.856.